The predicted molar refractivity (Wildman–Crippen MR) is 389 cm³/mol. The van der Waals surface area contributed by atoms with Crippen molar-refractivity contribution in [2.45, 2.75) is 177 Å². The fraction of sp³-hybridized carbons (Fsp3) is 0.450. The molecule has 14 rings (SSSR count). The smallest absolute Gasteiger partial charge is 0.316 e. The van der Waals surface area contributed by atoms with Crippen LogP contribution in [0, 0.1) is 22.7 Å². The summed E-state index contributed by atoms with van der Waals surface area (Å²) in [5.41, 5.74) is -0.988. The first-order chi connectivity index (χ1) is 44.6. The lowest BCUT2D eigenvalue weighted by molar-refractivity contribution is -0.143. The van der Waals surface area contributed by atoms with E-state index in [9.17, 15) is 19.2 Å². The molecule has 0 aromatic heterocycles. The Morgan fingerprint density at radius 2 is 0.500 bits per heavy atom. The first-order valence-corrected chi connectivity index (χ1v) is 40.5. The van der Waals surface area contributed by atoms with Crippen molar-refractivity contribution in [3.63, 3.8) is 0 Å². The van der Waals surface area contributed by atoms with Crippen LogP contribution in [0.1, 0.15) is 157 Å². The van der Waals surface area contributed by atoms with Gasteiger partial charge >= 0.3 is 23.9 Å². The van der Waals surface area contributed by atoms with E-state index in [0.29, 0.717) is 55.1 Å². The van der Waals surface area contributed by atoms with Crippen molar-refractivity contribution in [1.82, 2.24) is 0 Å². The van der Waals surface area contributed by atoms with Gasteiger partial charge in [0.15, 0.2) is 19.6 Å². The number of hydrogen-bond donors (Lipinski definition) is 0. The van der Waals surface area contributed by atoms with Crippen molar-refractivity contribution in [1.29, 1.82) is 0 Å². The minimum atomic E-state index is -0.495. The Labute approximate surface area is 558 Å². The van der Waals surface area contributed by atoms with Crippen LogP contribution in [0.3, 0.4) is 0 Å². The van der Waals surface area contributed by atoms with Crippen molar-refractivity contribution in [2.24, 2.45) is 22.7 Å². The normalized spacial score (nSPS) is 18.0. The Bertz CT molecular complexity index is 3850. The third kappa shape index (κ3) is 16.8. The second-order valence-electron chi connectivity index (χ2n) is 27.7. The molecule has 0 amide bonds. The zero-order valence-corrected chi connectivity index (χ0v) is 58.6. The number of benzene rings is 8. The van der Waals surface area contributed by atoms with Crippen molar-refractivity contribution < 1.29 is 38.1 Å². The van der Waals surface area contributed by atoms with Crippen LogP contribution in [0.25, 0.3) is 43.1 Å². The monoisotopic (exact) mass is 1310 g/mol. The van der Waals surface area contributed by atoms with Crippen LogP contribution in [0.5, 0.6) is 23.0 Å². The van der Waals surface area contributed by atoms with Crippen molar-refractivity contribution >= 4 is 111 Å². The Morgan fingerprint density at radius 3 is 0.739 bits per heavy atom. The number of rotatable bonds is 10. The first-order valence-electron chi connectivity index (χ1n) is 34.2. The standard InChI is InChI=1S/C21H25O2S.C20H23O2S.C20H25O2S.C19H23O2S/c22-21(16-8-2-3-9-16)23-19-12-13-20(24-14-6-1-7-15-24)18-11-5-4-10-17(18)19;21-20(15-7-1-2-8-15)22-18-11-12-19(23-13-5-6-14-23)17-10-4-3-9-16(17)18;1-20(2,3)19(21)22-17-11-12-18(23-13-7-4-8-14-23)16-10-6-5-9-15(16)17;1-19(2,3)18(20)21-16-10-11-17(22-12-6-7-13-22)15-9-5-4-8-14(15)16/h4-5,10-13,16H,1-3,6-9,14-15H2;3-4,9-12,15H,1-2,5-8,13-14H2;5-6,9-12H,4,7-8,13-14H2,1-3H3;4-5,8-11H,6-7,12-13H2,1-3H3/q4*+1. The average molecular weight is 1310 g/mol. The fourth-order valence-electron chi connectivity index (χ4n) is 13.4. The van der Waals surface area contributed by atoms with E-state index in [4.69, 9.17) is 18.9 Å². The quantitative estimate of drug-likeness (QED) is 0.0757. The van der Waals surface area contributed by atoms with Gasteiger partial charge in [-0.05, 0) is 204 Å². The van der Waals surface area contributed by atoms with E-state index in [1.165, 1.54) is 151 Å². The molecule has 0 spiro atoms. The third-order valence-electron chi connectivity index (χ3n) is 18.7. The molecule has 6 fully saturated rings. The number of carbonyl (C=O) groups excluding carboxylic acids is 4. The van der Waals surface area contributed by atoms with E-state index in [0.717, 1.165) is 84.4 Å². The largest absolute Gasteiger partial charge is 0.426 e. The van der Waals surface area contributed by atoms with Crippen LogP contribution in [0.4, 0.5) is 0 Å². The first kappa shape index (κ1) is 67.5. The van der Waals surface area contributed by atoms with Gasteiger partial charge in [0.2, 0.25) is 0 Å². The van der Waals surface area contributed by atoms with Crippen LogP contribution in [0.15, 0.2) is 165 Å². The molecule has 4 aliphatic heterocycles. The van der Waals surface area contributed by atoms with Crippen molar-refractivity contribution in [2.75, 3.05) is 46.0 Å². The molecule has 2 aliphatic carbocycles. The van der Waals surface area contributed by atoms with E-state index < -0.39 is 10.8 Å². The molecule has 4 heterocycles. The molecule has 12 heteroatoms. The van der Waals surface area contributed by atoms with Crippen LogP contribution in [-0.2, 0) is 62.8 Å². The van der Waals surface area contributed by atoms with Crippen molar-refractivity contribution in [3.05, 3.63) is 146 Å². The van der Waals surface area contributed by atoms with Crippen LogP contribution >= 0.6 is 0 Å². The van der Waals surface area contributed by atoms with Gasteiger partial charge in [-0.25, -0.2) is 0 Å². The summed E-state index contributed by atoms with van der Waals surface area (Å²) >= 11 is 0. The highest BCUT2D eigenvalue weighted by molar-refractivity contribution is 7.98. The molecule has 8 aromatic carbocycles. The number of hydrogen-bond acceptors (Lipinski definition) is 8. The Hall–Kier alpha value is -5.92. The Balaban J connectivity index is 0.000000126. The Morgan fingerprint density at radius 1 is 0.283 bits per heavy atom. The molecule has 0 radical (unpaired) electrons. The second-order valence-corrected chi connectivity index (χ2v) is 36.6. The number of carbonyl (C=O) groups is 4. The molecule has 0 unspecified atom stereocenters. The summed E-state index contributed by atoms with van der Waals surface area (Å²) in [6.45, 7) is 11.3. The van der Waals surface area contributed by atoms with Crippen LogP contribution in [0.2, 0.25) is 0 Å². The number of esters is 4. The molecular formula is C80H96O8S4+4. The fourth-order valence-corrected chi connectivity index (χ4v) is 23.4. The van der Waals surface area contributed by atoms with Gasteiger partial charge in [0.1, 0.15) is 69.0 Å². The molecule has 92 heavy (non-hydrogen) atoms. The lowest BCUT2D eigenvalue weighted by Crippen LogP contribution is -2.25. The summed E-state index contributed by atoms with van der Waals surface area (Å²) < 4.78 is 23.0. The SMILES string of the molecule is CC(C)(C)C(=O)Oc1ccc([S+]2CCCC2)c2ccccc12.CC(C)(C)C(=O)Oc1ccc([S+]2CCCCC2)c2ccccc12.O=C(Oc1ccc([S+]2CCCC2)c2ccccc12)C1CCCC1.O=C(Oc1ccc([S+]2CCCCC2)c2ccccc12)C1CCCC1. The molecule has 6 aliphatic rings. The molecule has 2 saturated carbocycles. The molecule has 8 aromatic rings. The van der Waals surface area contributed by atoms with Gasteiger partial charge in [0.05, 0.1) is 22.7 Å². The highest BCUT2D eigenvalue weighted by Gasteiger charge is 2.35. The van der Waals surface area contributed by atoms with E-state index in [2.05, 4.69) is 97.1 Å². The van der Waals surface area contributed by atoms with Gasteiger partial charge < -0.3 is 18.9 Å². The topological polar surface area (TPSA) is 105 Å². The summed E-state index contributed by atoms with van der Waals surface area (Å²) in [4.78, 5) is 55.0. The Kier molecular flexibility index (Phi) is 23.1. The number of fused-ring (bicyclic) bond motifs is 4. The molecular weight excluding hydrogens is 1220 g/mol. The molecule has 0 bridgehead atoms. The van der Waals surface area contributed by atoms with Gasteiger partial charge in [-0.3, -0.25) is 19.2 Å². The second kappa shape index (κ2) is 31.5. The minimum absolute atomic E-state index is 0.0366. The van der Waals surface area contributed by atoms with Crippen molar-refractivity contribution in [3.8, 4) is 23.0 Å². The van der Waals surface area contributed by atoms with Gasteiger partial charge in [0.25, 0.3) is 0 Å². The third-order valence-corrected chi connectivity index (χ3v) is 28.8. The lowest BCUT2D eigenvalue weighted by Gasteiger charge is -2.19. The van der Waals surface area contributed by atoms with Gasteiger partial charge in [0, 0.05) is 86.7 Å². The summed E-state index contributed by atoms with van der Waals surface area (Å²) in [6, 6.07) is 50.3. The zero-order valence-electron chi connectivity index (χ0n) is 55.3. The summed E-state index contributed by atoms with van der Waals surface area (Å²) in [5.74, 6) is 13.0. The van der Waals surface area contributed by atoms with E-state index in [1.807, 2.05) is 90.1 Å². The lowest BCUT2D eigenvalue weighted by atomic mass is 9.97. The summed E-state index contributed by atoms with van der Waals surface area (Å²) in [5, 5.41) is 9.34. The van der Waals surface area contributed by atoms with Crippen LogP contribution < -0.4 is 18.9 Å². The molecule has 484 valence electrons. The average Bonchev–Trinajstić information content (AvgIpc) is 1.07. The van der Waals surface area contributed by atoms with E-state index >= 15 is 0 Å². The highest BCUT2D eigenvalue weighted by Crippen LogP contribution is 2.41. The minimum Gasteiger partial charge on any atom is -0.426 e. The molecule has 0 atom stereocenters. The van der Waals surface area contributed by atoms with Gasteiger partial charge in [-0.1, -0.05) is 98.5 Å². The maximum Gasteiger partial charge on any atom is 0.316 e. The van der Waals surface area contributed by atoms with Crippen LogP contribution in [-0.4, -0.2) is 69.9 Å². The number of ether oxygens (including phenoxy) is 4. The molecule has 0 N–H and O–H groups in total. The summed E-state index contributed by atoms with van der Waals surface area (Å²) in [6.07, 6.45) is 22.0. The van der Waals surface area contributed by atoms with E-state index in [1.54, 1.807) is 0 Å². The van der Waals surface area contributed by atoms with E-state index in [-0.39, 0.29) is 35.7 Å². The highest BCUT2D eigenvalue weighted by atomic mass is 32.2. The maximum atomic E-state index is 12.4. The predicted octanol–water partition coefficient (Wildman–Crippen LogP) is 19.3. The van der Waals surface area contributed by atoms with Gasteiger partial charge in [-0.15, -0.1) is 0 Å². The zero-order chi connectivity index (χ0) is 64.2. The summed E-state index contributed by atoms with van der Waals surface area (Å²) in [7, 11) is 1.42. The maximum absolute atomic E-state index is 12.4. The van der Waals surface area contributed by atoms with Gasteiger partial charge in [-0.2, -0.15) is 0 Å². The molecule has 4 saturated heterocycles. The molecule has 8 nitrogen and oxygen atoms in total.